The maximum Gasteiger partial charge on any atom is 0.416 e. The second kappa shape index (κ2) is 12.1. The average Bonchev–Trinajstić information content (AvgIpc) is 3.27. The Bertz CT molecular complexity index is 1280. The molecule has 1 unspecified atom stereocenters. The van der Waals surface area contributed by atoms with Crippen LogP contribution in [0.5, 0.6) is 0 Å². The molecule has 1 aliphatic heterocycles. The summed E-state index contributed by atoms with van der Waals surface area (Å²) in [4.78, 5) is 26.0. The molecular formula is C28H29BrClF3N4O2. The van der Waals surface area contributed by atoms with Crippen LogP contribution in [-0.2, 0) is 17.5 Å². The monoisotopic (exact) mass is 624 g/mol. The lowest BCUT2D eigenvalue weighted by Crippen LogP contribution is -2.43. The first-order valence-electron chi connectivity index (χ1n) is 12.6. The van der Waals surface area contributed by atoms with Gasteiger partial charge in [0.1, 0.15) is 0 Å². The number of nitrogens with zero attached hydrogens (tertiary/aromatic N) is 4. The van der Waals surface area contributed by atoms with Crippen molar-refractivity contribution >= 4 is 39.6 Å². The number of carbonyl (C=O) groups is 1. The number of likely N-dealkylation sites (tertiary alicyclic amines) is 1. The third-order valence-electron chi connectivity index (χ3n) is 6.63. The highest BCUT2D eigenvalue weighted by Crippen LogP contribution is 2.43. The molecule has 0 saturated carbocycles. The van der Waals surface area contributed by atoms with Gasteiger partial charge in [0.2, 0.25) is 5.95 Å². The van der Waals surface area contributed by atoms with Gasteiger partial charge in [0.05, 0.1) is 28.2 Å². The van der Waals surface area contributed by atoms with E-state index in [1.165, 1.54) is 6.07 Å². The summed E-state index contributed by atoms with van der Waals surface area (Å²) in [6.07, 6.45) is -0.933. The lowest BCUT2D eigenvalue weighted by atomic mass is 9.97. The molecule has 0 N–H and O–H groups in total. The number of halogens is 5. The average molecular weight is 626 g/mol. The Balaban J connectivity index is 1.84. The van der Waals surface area contributed by atoms with Gasteiger partial charge in [-0.05, 0) is 71.9 Å². The number of ether oxygens (including phenoxy) is 1. The van der Waals surface area contributed by atoms with Crippen molar-refractivity contribution in [2.45, 2.75) is 70.6 Å². The second-order valence-electron chi connectivity index (χ2n) is 9.74. The van der Waals surface area contributed by atoms with Gasteiger partial charge in [-0.2, -0.15) is 13.2 Å². The molecule has 208 valence electrons. The first kappa shape index (κ1) is 29.1. The maximum absolute atomic E-state index is 13.6. The third-order valence-corrected chi connectivity index (χ3v) is 7.26. The van der Waals surface area contributed by atoms with E-state index in [4.69, 9.17) is 16.3 Å². The van der Waals surface area contributed by atoms with E-state index in [0.29, 0.717) is 28.8 Å². The summed E-state index contributed by atoms with van der Waals surface area (Å²) in [6.45, 7) is 5.63. The largest absolute Gasteiger partial charge is 0.447 e. The molecule has 1 saturated heterocycles. The second-order valence-corrected chi connectivity index (χ2v) is 11.1. The number of amides is 1. The Hall–Kier alpha value is -2.85. The van der Waals surface area contributed by atoms with Crippen LogP contribution >= 0.6 is 27.5 Å². The summed E-state index contributed by atoms with van der Waals surface area (Å²) in [5, 5.41) is -0.0175. The summed E-state index contributed by atoms with van der Waals surface area (Å²) in [7, 11) is 0. The molecule has 11 heteroatoms. The number of hydrogen-bond donors (Lipinski definition) is 0. The van der Waals surface area contributed by atoms with E-state index in [1.54, 1.807) is 31.1 Å². The van der Waals surface area contributed by atoms with Gasteiger partial charge in [-0.15, -0.1) is 0 Å². The molecule has 1 amide bonds. The van der Waals surface area contributed by atoms with Crippen LogP contribution in [0.1, 0.15) is 56.3 Å². The summed E-state index contributed by atoms with van der Waals surface area (Å²) in [5.74, 6) is 0.326. The lowest BCUT2D eigenvalue weighted by Gasteiger charge is -2.36. The standard InChI is InChI=1S/C28H29BrClF3N4O2/c1-4-23-13-24(25(19-8-6-5-7-9-19)37(23)27(38)39-17(2)3)36(26-34-14-21(29)15-35-26)16-18-10-20(28(31,32)33)12-22(30)11-18/h5-12,14-15,17,23-25H,4,13,16H2,1-3H3/t23-,24+,25?/m1/s1. The fourth-order valence-electron chi connectivity index (χ4n) is 5.04. The minimum absolute atomic E-state index is 0.0175. The molecular weight excluding hydrogens is 597 g/mol. The molecule has 1 fully saturated rings. The van der Waals surface area contributed by atoms with Crippen LogP contribution in [0.4, 0.5) is 23.9 Å². The zero-order valence-corrected chi connectivity index (χ0v) is 24.0. The Morgan fingerprint density at radius 2 is 1.85 bits per heavy atom. The highest BCUT2D eigenvalue weighted by atomic mass is 79.9. The Morgan fingerprint density at radius 1 is 1.18 bits per heavy atom. The molecule has 0 aliphatic carbocycles. The number of rotatable bonds is 7. The predicted octanol–water partition coefficient (Wildman–Crippen LogP) is 8.06. The fraction of sp³-hybridized carbons (Fsp3) is 0.393. The number of hydrogen-bond acceptors (Lipinski definition) is 5. The van der Waals surface area contributed by atoms with Gasteiger partial charge < -0.3 is 9.64 Å². The quantitative estimate of drug-likeness (QED) is 0.266. The van der Waals surface area contributed by atoms with Crippen LogP contribution in [0, 0.1) is 0 Å². The van der Waals surface area contributed by atoms with Crippen LogP contribution in [0.2, 0.25) is 5.02 Å². The van der Waals surface area contributed by atoms with E-state index in [0.717, 1.165) is 17.7 Å². The SMILES string of the molecule is CC[C@@H]1C[C@H](N(Cc2cc(Cl)cc(C(F)(F)F)c2)c2ncc(Br)cn2)C(c2ccccc2)N1C(=O)OC(C)C. The topological polar surface area (TPSA) is 58.6 Å². The molecule has 1 aromatic heterocycles. The Labute approximate surface area is 239 Å². The van der Waals surface area contributed by atoms with Crippen LogP contribution in [0.25, 0.3) is 0 Å². The van der Waals surface area contributed by atoms with Gasteiger partial charge in [-0.25, -0.2) is 14.8 Å². The molecule has 1 aliphatic rings. The van der Waals surface area contributed by atoms with Crippen molar-refractivity contribution in [3.8, 4) is 0 Å². The van der Waals surface area contributed by atoms with Gasteiger partial charge in [-0.1, -0.05) is 48.9 Å². The first-order chi connectivity index (χ1) is 18.5. The minimum atomic E-state index is -4.55. The number of alkyl halides is 3. The number of carbonyl (C=O) groups excluding carboxylic acids is 1. The van der Waals surface area contributed by atoms with Crippen molar-refractivity contribution in [3.63, 3.8) is 0 Å². The Kier molecular flexibility index (Phi) is 9.06. The number of anilines is 1. The first-order valence-corrected chi connectivity index (χ1v) is 13.8. The van der Waals surface area contributed by atoms with Crippen LogP contribution < -0.4 is 4.90 Å². The van der Waals surface area contributed by atoms with Crippen LogP contribution in [0.15, 0.2) is 65.4 Å². The van der Waals surface area contributed by atoms with Crippen molar-refractivity contribution in [2.24, 2.45) is 0 Å². The predicted molar refractivity (Wildman–Crippen MR) is 147 cm³/mol. The third kappa shape index (κ3) is 6.84. The van der Waals surface area contributed by atoms with Crippen molar-refractivity contribution in [1.82, 2.24) is 14.9 Å². The Morgan fingerprint density at radius 3 is 2.44 bits per heavy atom. The molecule has 2 aromatic carbocycles. The van der Waals surface area contributed by atoms with Crippen molar-refractivity contribution in [1.29, 1.82) is 0 Å². The van der Waals surface area contributed by atoms with Crippen molar-refractivity contribution < 1.29 is 22.7 Å². The van der Waals surface area contributed by atoms with Gasteiger partial charge >= 0.3 is 12.3 Å². The van der Waals surface area contributed by atoms with Gasteiger partial charge in [0.25, 0.3) is 0 Å². The molecule has 3 aromatic rings. The molecule has 2 heterocycles. The van der Waals surface area contributed by atoms with E-state index < -0.39 is 23.9 Å². The van der Waals surface area contributed by atoms with E-state index in [1.807, 2.05) is 42.2 Å². The molecule has 3 atom stereocenters. The molecule has 6 nitrogen and oxygen atoms in total. The summed E-state index contributed by atoms with van der Waals surface area (Å²) >= 11 is 9.48. The van der Waals surface area contributed by atoms with Crippen LogP contribution in [-0.4, -0.2) is 39.1 Å². The summed E-state index contributed by atoms with van der Waals surface area (Å²) in [6, 6.07) is 12.1. The van der Waals surface area contributed by atoms with Crippen LogP contribution in [0.3, 0.4) is 0 Å². The highest BCUT2D eigenvalue weighted by Gasteiger charge is 2.48. The number of aromatic nitrogens is 2. The fourth-order valence-corrected chi connectivity index (χ4v) is 5.51. The van der Waals surface area contributed by atoms with E-state index in [9.17, 15) is 18.0 Å². The van der Waals surface area contributed by atoms with E-state index in [2.05, 4.69) is 25.9 Å². The van der Waals surface area contributed by atoms with Crippen molar-refractivity contribution in [2.75, 3.05) is 4.90 Å². The van der Waals surface area contributed by atoms with Crippen molar-refractivity contribution in [3.05, 3.63) is 87.1 Å². The minimum Gasteiger partial charge on any atom is -0.447 e. The smallest absolute Gasteiger partial charge is 0.416 e. The van der Waals surface area contributed by atoms with Gasteiger partial charge in [0, 0.05) is 30.0 Å². The highest BCUT2D eigenvalue weighted by molar-refractivity contribution is 9.10. The van der Waals surface area contributed by atoms with Gasteiger partial charge in [-0.3, -0.25) is 4.90 Å². The molecule has 39 heavy (non-hydrogen) atoms. The zero-order valence-electron chi connectivity index (χ0n) is 21.7. The zero-order chi connectivity index (χ0) is 28.3. The maximum atomic E-state index is 13.6. The molecule has 0 radical (unpaired) electrons. The summed E-state index contributed by atoms with van der Waals surface area (Å²) in [5.41, 5.74) is 0.397. The molecule has 0 bridgehead atoms. The summed E-state index contributed by atoms with van der Waals surface area (Å²) < 4.78 is 47.2. The normalized spacial score (nSPS) is 19.4. The lowest BCUT2D eigenvalue weighted by molar-refractivity contribution is -0.137. The number of benzene rings is 2. The van der Waals surface area contributed by atoms with Gasteiger partial charge in [0.15, 0.2) is 0 Å². The molecule has 0 spiro atoms. The van der Waals surface area contributed by atoms with E-state index >= 15 is 0 Å². The molecule has 4 rings (SSSR count). The van der Waals surface area contributed by atoms with E-state index in [-0.39, 0.29) is 29.8 Å².